The van der Waals surface area contributed by atoms with Gasteiger partial charge in [-0.3, -0.25) is 0 Å². The zero-order chi connectivity index (χ0) is 9.69. The van der Waals surface area contributed by atoms with Gasteiger partial charge in [-0.2, -0.15) is 0 Å². The molecular formula is C12H23N. The van der Waals surface area contributed by atoms with Gasteiger partial charge in [0, 0.05) is 6.54 Å². The SMILES string of the molecule is CN1CCC2(CC2CC(C)(C)C)C1. The lowest BCUT2D eigenvalue weighted by Gasteiger charge is -2.19. The molecule has 1 aliphatic carbocycles. The van der Waals surface area contributed by atoms with Crippen LogP contribution in [0.2, 0.25) is 0 Å². The van der Waals surface area contributed by atoms with Gasteiger partial charge in [0.05, 0.1) is 0 Å². The molecule has 0 bridgehead atoms. The van der Waals surface area contributed by atoms with Gasteiger partial charge in [-0.05, 0) is 49.6 Å². The fourth-order valence-corrected chi connectivity index (χ4v) is 3.07. The van der Waals surface area contributed by atoms with Gasteiger partial charge in [0.1, 0.15) is 0 Å². The van der Waals surface area contributed by atoms with E-state index in [1.807, 2.05) is 0 Å². The van der Waals surface area contributed by atoms with E-state index in [0.29, 0.717) is 5.41 Å². The molecule has 1 heteroatoms. The molecule has 13 heavy (non-hydrogen) atoms. The predicted molar refractivity (Wildman–Crippen MR) is 56.7 cm³/mol. The average molecular weight is 181 g/mol. The van der Waals surface area contributed by atoms with Crippen LogP contribution in [0.3, 0.4) is 0 Å². The third-order valence-corrected chi connectivity index (χ3v) is 3.79. The third kappa shape index (κ3) is 1.90. The van der Waals surface area contributed by atoms with Crippen LogP contribution in [-0.2, 0) is 0 Å². The van der Waals surface area contributed by atoms with E-state index < -0.39 is 0 Å². The van der Waals surface area contributed by atoms with E-state index >= 15 is 0 Å². The number of likely N-dealkylation sites (tertiary alicyclic amines) is 1. The van der Waals surface area contributed by atoms with E-state index in [2.05, 4.69) is 32.7 Å². The molecule has 0 amide bonds. The molecule has 76 valence electrons. The Bertz CT molecular complexity index is 204. The first-order chi connectivity index (χ1) is 5.91. The highest BCUT2D eigenvalue weighted by Crippen LogP contribution is 2.61. The highest BCUT2D eigenvalue weighted by molar-refractivity contribution is 5.07. The van der Waals surface area contributed by atoms with E-state index in [9.17, 15) is 0 Å². The maximum absolute atomic E-state index is 2.50. The molecule has 2 fully saturated rings. The second kappa shape index (κ2) is 2.73. The minimum Gasteiger partial charge on any atom is -0.306 e. The van der Waals surface area contributed by atoms with E-state index in [1.165, 1.54) is 32.4 Å². The van der Waals surface area contributed by atoms with Crippen LogP contribution in [0.1, 0.15) is 40.0 Å². The molecule has 1 saturated carbocycles. The molecule has 2 aliphatic rings. The van der Waals surface area contributed by atoms with Crippen molar-refractivity contribution >= 4 is 0 Å². The molecule has 1 spiro atoms. The smallest absolute Gasteiger partial charge is 0.00382 e. The van der Waals surface area contributed by atoms with Crippen molar-refractivity contribution in [3.8, 4) is 0 Å². The first kappa shape index (κ1) is 9.51. The summed E-state index contributed by atoms with van der Waals surface area (Å²) < 4.78 is 0. The van der Waals surface area contributed by atoms with Crippen LogP contribution in [0, 0.1) is 16.7 Å². The minimum absolute atomic E-state index is 0.537. The van der Waals surface area contributed by atoms with Crippen LogP contribution < -0.4 is 0 Å². The Kier molecular flexibility index (Phi) is 1.99. The highest BCUT2D eigenvalue weighted by atomic mass is 15.1. The molecule has 2 unspecified atom stereocenters. The second-order valence-corrected chi connectivity index (χ2v) is 6.52. The van der Waals surface area contributed by atoms with E-state index in [-0.39, 0.29) is 0 Å². The first-order valence-electron chi connectivity index (χ1n) is 5.60. The molecule has 0 radical (unpaired) electrons. The van der Waals surface area contributed by atoms with Gasteiger partial charge < -0.3 is 4.90 Å². The van der Waals surface area contributed by atoms with E-state index in [1.54, 1.807) is 0 Å². The van der Waals surface area contributed by atoms with Gasteiger partial charge in [-0.25, -0.2) is 0 Å². The lowest BCUT2D eigenvalue weighted by molar-refractivity contribution is 0.308. The Morgan fingerprint density at radius 3 is 2.54 bits per heavy atom. The Labute approximate surface area is 82.5 Å². The fraction of sp³-hybridized carbons (Fsp3) is 1.00. The molecule has 2 atom stereocenters. The van der Waals surface area contributed by atoms with E-state index in [4.69, 9.17) is 0 Å². The van der Waals surface area contributed by atoms with Crippen LogP contribution in [0.15, 0.2) is 0 Å². The predicted octanol–water partition coefficient (Wildman–Crippen LogP) is 2.76. The average Bonchev–Trinajstić information content (AvgIpc) is 2.38. The van der Waals surface area contributed by atoms with Gasteiger partial charge in [-0.15, -0.1) is 0 Å². The summed E-state index contributed by atoms with van der Waals surface area (Å²) in [7, 11) is 2.27. The summed E-state index contributed by atoms with van der Waals surface area (Å²) in [5.74, 6) is 1.04. The first-order valence-corrected chi connectivity index (χ1v) is 5.60. The standard InChI is InChI=1S/C12H23N/c1-11(2,3)7-10-8-12(10)5-6-13(4)9-12/h10H,5-9H2,1-4H3. The fourth-order valence-electron chi connectivity index (χ4n) is 3.07. The quantitative estimate of drug-likeness (QED) is 0.601. The van der Waals surface area contributed by atoms with Crippen molar-refractivity contribution < 1.29 is 0 Å². The molecule has 2 rings (SSSR count). The number of hydrogen-bond donors (Lipinski definition) is 0. The summed E-state index contributed by atoms with van der Waals surface area (Å²) >= 11 is 0. The van der Waals surface area contributed by atoms with E-state index in [0.717, 1.165) is 11.3 Å². The van der Waals surface area contributed by atoms with Gasteiger partial charge in [-0.1, -0.05) is 20.8 Å². The zero-order valence-corrected chi connectivity index (χ0v) is 9.56. The lowest BCUT2D eigenvalue weighted by atomic mass is 9.86. The van der Waals surface area contributed by atoms with Gasteiger partial charge >= 0.3 is 0 Å². The zero-order valence-electron chi connectivity index (χ0n) is 9.56. The van der Waals surface area contributed by atoms with Gasteiger partial charge in [0.2, 0.25) is 0 Å². The van der Waals surface area contributed by atoms with Gasteiger partial charge in [0.15, 0.2) is 0 Å². The van der Waals surface area contributed by atoms with Crippen molar-refractivity contribution in [2.24, 2.45) is 16.7 Å². The van der Waals surface area contributed by atoms with Crippen LogP contribution >= 0.6 is 0 Å². The molecular weight excluding hydrogens is 158 g/mol. The maximum atomic E-state index is 2.50. The number of rotatable bonds is 1. The summed E-state index contributed by atoms with van der Waals surface area (Å²) in [6.07, 6.45) is 4.40. The Morgan fingerprint density at radius 1 is 1.38 bits per heavy atom. The molecule has 1 heterocycles. The van der Waals surface area contributed by atoms with Crippen molar-refractivity contribution in [2.75, 3.05) is 20.1 Å². The Balaban J connectivity index is 1.88. The third-order valence-electron chi connectivity index (χ3n) is 3.79. The summed E-state index contributed by atoms with van der Waals surface area (Å²) in [4.78, 5) is 2.50. The number of hydrogen-bond acceptors (Lipinski definition) is 1. The molecule has 0 N–H and O–H groups in total. The molecule has 0 aromatic heterocycles. The van der Waals surface area contributed by atoms with Crippen LogP contribution in [0.25, 0.3) is 0 Å². The van der Waals surface area contributed by atoms with Crippen LogP contribution in [-0.4, -0.2) is 25.0 Å². The summed E-state index contributed by atoms with van der Waals surface area (Å²) in [6.45, 7) is 9.82. The monoisotopic (exact) mass is 181 g/mol. The molecule has 1 saturated heterocycles. The van der Waals surface area contributed by atoms with Crippen LogP contribution in [0.5, 0.6) is 0 Å². The molecule has 0 aromatic carbocycles. The Morgan fingerprint density at radius 2 is 2.08 bits per heavy atom. The van der Waals surface area contributed by atoms with Crippen molar-refractivity contribution in [1.29, 1.82) is 0 Å². The maximum Gasteiger partial charge on any atom is 0.00382 e. The van der Waals surface area contributed by atoms with Crippen molar-refractivity contribution in [3.05, 3.63) is 0 Å². The largest absolute Gasteiger partial charge is 0.306 e. The topological polar surface area (TPSA) is 3.24 Å². The Hall–Kier alpha value is -0.0400. The molecule has 1 nitrogen and oxygen atoms in total. The normalized spacial score (nSPS) is 40.2. The summed E-state index contributed by atoms with van der Waals surface area (Å²) in [6, 6.07) is 0. The van der Waals surface area contributed by atoms with Crippen molar-refractivity contribution in [1.82, 2.24) is 4.90 Å². The minimum atomic E-state index is 0.537. The van der Waals surface area contributed by atoms with Crippen molar-refractivity contribution in [3.63, 3.8) is 0 Å². The molecule has 0 aromatic rings. The highest BCUT2D eigenvalue weighted by Gasteiger charge is 2.56. The summed E-state index contributed by atoms with van der Waals surface area (Å²) in [5, 5.41) is 0. The second-order valence-electron chi connectivity index (χ2n) is 6.52. The van der Waals surface area contributed by atoms with Crippen LogP contribution in [0.4, 0.5) is 0 Å². The lowest BCUT2D eigenvalue weighted by Crippen LogP contribution is -2.16. The number of nitrogens with zero attached hydrogens (tertiary/aromatic N) is 1. The summed E-state index contributed by atoms with van der Waals surface area (Å²) in [5.41, 5.74) is 1.30. The molecule has 1 aliphatic heterocycles. The van der Waals surface area contributed by atoms with Gasteiger partial charge in [0.25, 0.3) is 0 Å². The van der Waals surface area contributed by atoms with Crippen molar-refractivity contribution in [2.45, 2.75) is 40.0 Å².